The van der Waals surface area contributed by atoms with Crippen molar-refractivity contribution in [3.05, 3.63) is 64.4 Å². The van der Waals surface area contributed by atoms with Gasteiger partial charge in [-0.1, -0.05) is 41.0 Å². The molecular formula is C18H19ClFN3O2. The van der Waals surface area contributed by atoms with Crippen LogP contribution in [0, 0.1) is 12.7 Å². The van der Waals surface area contributed by atoms with Gasteiger partial charge < -0.3 is 15.9 Å². The molecule has 2 aromatic rings. The molecule has 0 aromatic heterocycles. The van der Waals surface area contributed by atoms with E-state index in [0.717, 1.165) is 5.56 Å². The zero-order valence-corrected chi connectivity index (χ0v) is 14.7. The molecule has 2 rings (SSSR count). The number of amides is 1. The molecule has 132 valence electrons. The summed E-state index contributed by atoms with van der Waals surface area (Å²) in [7, 11) is 0. The van der Waals surface area contributed by atoms with Crippen molar-refractivity contribution in [2.75, 3.05) is 5.32 Å². The third kappa shape index (κ3) is 5.46. The molecule has 0 bridgehead atoms. The minimum atomic E-state index is -0.894. The molecule has 3 N–H and O–H groups in total. The number of nitrogens with two attached hydrogens (primary N) is 1. The van der Waals surface area contributed by atoms with E-state index in [1.165, 1.54) is 13.0 Å². The quantitative estimate of drug-likeness (QED) is 0.467. The molecule has 0 aliphatic heterocycles. The van der Waals surface area contributed by atoms with Gasteiger partial charge in [0.1, 0.15) is 11.7 Å². The summed E-state index contributed by atoms with van der Waals surface area (Å²) in [6.45, 7) is 3.16. The third-order valence-corrected chi connectivity index (χ3v) is 3.83. The van der Waals surface area contributed by atoms with Crippen LogP contribution in [-0.2, 0) is 16.1 Å². The normalized spacial score (nSPS) is 12.6. The van der Waals surface area contributed by atoms with E-state index in [1.54, 1.807) is 25.1 Å². The minimum Gasteiger partial charge on any atom is -0.384 e. The Morgan fingerprint density at radius 1 is 1.36 bits per heavy atom. The van der Waals surface area contributed by atoms with Crippen molar-refractivity contribution >= 4 is 29.0 Å². The number of nitrogens with one attached hydrogen (secondary N) is 1. The van der Waals surface area contributed by atoms with Crippen LogP contribution in [0.5, 0.6) is 0 Å². The molecule has 0 radical (unpaired) electrons. The standard InChI is InChI=1S/C18H19ClFN3O2/c1-11-7-8-14(10-16(11)20)22-18(24)12(2)25-23-17(21)9-13-5-3-4-6-15(13)19/h3-8,10,12H,9H2,1-2H3,(H2,21,23)(H,22,24). The zero-order chi connectivity index (χ0) is 18.4. The first-order valence-corrected chi connectivity index (χ1v) is 8.03. The topological polar surface area (TPSA) is 76.7 Å². The monoisotopic (exact) mass is 363 g/mol. The lowest BCUT2D eigenvalue weighted by Gasteiger charge is -2.12. The van der Waals surface area contributed by atoms with E-state index in [1.807, 2.05) is 18.2 Å². The number of oxime groups is 1. The van der Waals surface area contributed by atoms with E-state index in [9.17, 15) is 9.18 Å². The summed E-state index contributed by atoms with van der Waals surface area (Å²) in [5.41, 5.74) is 7.45. The molecule has 0 spiro atoms. The van der Waals surface area contributed by atoms with Crippen LogP contribution in [0.1, 0.15) is 18.1 Å². The molecule has 25 heavy (non-hydrogen) atoms. The van der Waals surface area contributed by atoms with E-state index in [-0.39, 0.29) is 5.84 Å². The van der Waals surface area contributed by atoms with Crippen molar-refractivity contribution in [3.63, 3.8) is 0 Å². The Morgan fingerprint density at radius 2 is 2.08 bits per heavy atom. The maximum absolute atomic E-state index is 13.5. The summed E-state index contributed by atoms with van der Waals surface area (Å²) in [5, 5.41) is 6.89. The van der Waals surface area contributed by atoms with Gasteiger partial charge in [-0.3, -0.25) is 4.79 Å². The summed E-state index contributed by atoms with van der Waals surface area (Å²) in [5.74, 6) is -0.667. The van der Waals surface area contributed by atoms with E-state index >= 15 is 0 Å². The maximum Gasteiger partial charge on any atom is 0.267 e. The van der Waals surface area contributed by atoms with Gasteiger partial charge in [-0.25, -0.2) is 4.39 Å². The second-order valence-electron chi connectivity index (χ2n) is 5.55. The average molecular weight is 364 g/mol. The van der Waals surface area contributed by atoms with E-state index < -0.39 is 17.8 Å². The van der Waals surface area contributed by atoms with E-state index in [4.69, 9.17) is 22.2 Å². The van der Waals surface area contributed by atoms with Gasteiger partial charge in [0.25, 0.3) is 5.91 Å². The Bertz CT molecular complexity index is 796. The van der Waals surface area contributed by atoms with Crippen LogP contribution in [0.2, 0.25) is 5.02 Å². The van der Waals surface area contributed by atoms with Gasteiger partial charge in [0.15, 0.2) is 0 Å². The Labute approximate surface area is 150 Å². The number of nitrogens with zero attached hydrogens (tertiary/aromatic N) is 1. The highest BCUT2D eigenvalue weighted by Gasteiger charge is 2.15. The number of hydrogen-bond acceptors (Lipinski definition) is 3. The molecular weight excluding hydrogens is 345 g/mol. The molecule has 0 aliphatic rings. The number of amidine groups is 1. The van der Waals surface area contributed by atoms with Gasteiger partial charge >= 0.3 is 0 Å². The van der Waals surface area contributed by atoms with Gasteiger partial charge in [0, 0.05) is 17.1 Å². The third-order valence-electron chi connectivity index (χ3n) is 3.47. The fourth-order valence-corrected chi connectivity index (χ4v) is 2.18. The predicted octanol–water partition coefficient (Wildman–Crippen LogP) is 3.65. The van der Waals surface area contributed by atoms with Gasteiger partial charge in [-0.05, 0) is 43.2 Å². The Morgan fingerprint density at radius 3 is 2.76 bits per heavy atom. The van der Waals surface area contributed by atoms with Gasteiger partial charge in [0.05, 0.1) is 0 Å². The first-order valence-electron chi connectivity index (χ1n) is 7.65. The van der Waals surface area contributed by atoms with Crippen molar-refractivity contribution in [2.45, 2.75) is 26.4 Å². The molecule has 7 heteroatoms. The number of benzene rings is 2. The number of carbonyl (C=O) groups is 1. The van der Waals surface area contributed by atoms with E-state index in [2.05, 4.69) is 10.5 Å². The van der Waals surface area contributed by atoms with Crippen molar-refractivity contribution < 1.29 is 14.0 Å². The smallest absolute Gasteiger partial charge is 0.267 e. The van der Waals surface area contributed by atoms with Crippen LogP contribution in [-0.4, -0.2) is 17.8 Å². The van der Waals surface area contributed by atoms with Crippen LogP contribution < -0.4 is 11.1 Å². The average Bonchev–Trinajstić information content (AvgIpc) is 2.58. The molecule has 2 aromatic carbocycles. The van der Waals surface area contributed by atoms with Crippen LogP contribution in [0.3, 0.4) is 0 Å². The molecule has 0 heterocycles. The van der Waals surface area contributed by atoms with Crippen LogP contribution in [0.4, 0.5) is 10.1 Å². The summed E-state index contributed by atoms with van der Waals surface area (Å²) in [4.78, 5) is 17.2. The second kappa shape index (κ2) is 8.48. The summed E-state index contributed by atoms with van der Waals surface area (Å²) < 4.78 is 13.5. The number of carbonyl (C=O) groups excluding carboxylic acids is 1. The maximum atomic E-state index is 13.5. The molecule has 0 fully saturated rings. The van der Waals surface area contributed by atoms with Crippen molar-refractivity contribution in [1.29, 1.82) is 0 Å². The Hall–Kier alpha value is -2.60. The Balaban J connectivity index is 1.91. The fourth-order valence-electron chi connectivity index (χ4n) is 1.98. The molecule has 1 atom stereocenters. The molecule has 0 aliphatic carbocycles. The van der Waals surface area contributed by atoms with Crippen molar-refractivity contribution in [1.82, 2.24) is 0 Å². The van der Waals surface area contributed by atoms with Crippen molar-refractivity contribution in [2.24, 2.45) is 10.9 Å². The lowest BCUT2D eigenvalue weighted by molar-refractivity contribution is -0.126. The highest BCUT2D eigenvalue weighted by atomic mass is 35.5. The largest absolute Gasteiger partial charge is 0.384 e. The zero-order valence-electron chi connectivity index (χ0n) is 13.9. The highest BCUT2D eigenvalue weighted by Crippen LogP contribution is 2.16. The highest BCUT2D eigenvalue weighted by molar-refractivity contribution is 6.31. The fraction of sp³-hybridized carbons (Fsp3) is 0.222. The molecule has 1 unspecified atom stereocenters. The lowest BCUT2D eigenvalue weighted by atomic mass is 10.1. The minimum absolute atomic E-state index is 0.189. The number of hydrogen-bond donors (Lipinski definition) is 2. The van der Waals surface area contributed by atoms with Crippen LogP contribution >= 0.6 is 11.6 Å². The first-order chi connectivity index (χ1) is 11.9. The molecule has 1 amide bonds. The number of anilines is 1. The van der Waals surface area contributed by atoms with Crippen LogP contribution in [0.15, 0.2) is 47.6 Å². The lowest BCUT2D eigenvalue weighted by Crippen LogP contribution is -2.27. The predicted molar refractivity (Wildman–Crippen MR) is 97.1 cm³/mol. The van der Waals surface area contributed by atoms with Gasteiger partial charge in [-0.15, -0.1) is 0 Å². The van der Waals surface area contributed by atoms with Crippen LogP contribution in [0.25, 0.3) is 0 Å². The first kappa shape index (κ1) is 18.7. The van der Waals surface area contributed by atoms with Gasteiger partial charge in [-0.2, -0.15) is 0 Å². The summed E-state index contributed by atoms with van der Waals surface area (Å²) >= 11 is 6.05. The summed E-state index contributed by atoms with van der Waals surface area (Å²) in [6.07, 6.45) is -0.592. The molecule has 0 saturated heterocycles. The summed E-state index contributed by atoms with van der Waals surface area (Å²) in [6, 6.07) is 11.7. The second-order valence-corrected chi connectivity index (χ2v) is 5.96. The SMILES string of the molecule is Cc1ccc(NC(=O)C(C)O/N=C(/N)Cc2ccccc2Cl)cc1F. The van der Waals surface area contributed by atoms with Crippen molar-refractivity contribution in [3.8, 4) is 0 Å². The number of rotatable bonds is 6. The molecule has 0 saturated carbocycles. The Kier molecular flexibility index (Phi) is 6.36. The number of halogens is 2. The van der Waals surface area contributed by atoms with Gasteiger partial charge in [0.2, 0.25) is 6.10 Å². The number of aryl methyl sites for hydroxylation is 1. The molecule has 5 nitrogen and oxygen atoms in total. The van der Waals surface area contributed by atoms with E-state index in [0.29, 0.717) is 22.7 Å².